The molecule has 0 aromatic heterocycles. The minimum Gasteiger partial charge on any atom is -0.303 e. The molecule has 0 aromatic rings. The molecule has 0 saturated heterocycles. The number of carbonyl (C=O) groups is 1. The van der Waals surface area contributed by atoms with Crippen molar-refractivity contribution < 1.29 is 4.79 Å². The molecule has 0 unspecified atom stereocenters. The van der Waals surface area contributed by atoms with Crippen LogP contribution in [0.5, 0.6) is 0 Å². The van der Waals surface area contributed by atoms with Crippen molar-refractivity contribution in [2.75, 3.05) is 0 Å². The smallest absolute Gasteiger partial charge is 0.120 e. The number of allylic oxidation sites excluding steroid dienone is 2. The monoisotopic (exact) mass is 194 g/mol. The number of hydrogen-bond acceptors (Lipinski definition) is 1. The topological polar surface area (TPSA) is 17.1 Å². The first kappa shape index (κ1) is 11.5. The van der Waals surface area contributed by atoms with Crippen LogP contribution >= 0.6 is 0 Å². The first-order chi connectivity index (χ1) is 6.72. The molecule has 0 N–H and O–H groups in total. The van der Waals surface area contributed by atoms with E-state index in [2.05, 4.69) is 19.9 Å². The zero-order chi connectivity index (χ0) is 10.4. The summed E-state index contributed by atoms with van der Waals surface area (Å²) in [5.41, 5.74) is 1.40. The molecule has 1 rings (SSSR count). The van der Waals surface area contributed by atoms with Gasteiger partial charge in [0.15, 0.2) is 0 Å². The SMILES string of the molecule is CC(=CC1CCC(C)CC1)CCC=O. The minimum atomic E-state index is 0.686. The average molecular weight is 194 g/mol. The summed E-state index contributed by atoms with van der Waals surface area (Å²) in [4.78, 5) is 10.2. The Morgan fingerprint density at radius 2 is 1.93 bits per heavy atom. The van der Waals surface area contributed by atoms with E-state index in [4.69, 9.17) is 0 Å². The third-order valence-corrected chi connectivity index (χ3v) is 3.24. The number of aldehydes is 1. The Morgan fingerprint density at radius 1 is 1.29 bits per heavy atom. The van der Waals surface area contributed by atoms with Gasteiger partial charge in [-0.15, -0.1) is 0 Å². The predicted octanol–water partition coefficient (Wildman–Crippen LogP) is 3.74. The maximum absolute atomic E-state index is 10.2. The molecular formula is C13H22O. The van der Waals surface area contributed by atoms with Gasteiger partial charge in [0.05, 0.1) is 0 Å². The van der Waals surface area contributed by atoms with Crippen LogP contribution in [0.3, 0.4) is 0 Å². The molecule has 1 nitrogen and oxygen atoms in total. The van der Waals surface area contributed by atoms with E-state index >= 15 is 0 Å². The number of carbonyl (C=O) groups excluding carboxylic acids is 1. The van der Waals surface area contributed by atoms with Crippen molar-refractivity contribution in [3.63, 3.8) is 0 Å². The predicted molar refractivity (Wildman–Crippen MR) is 60.2 cm³/mol. The molecule has 1 aliphatic rings. The van der Waals surface area contributed by atoms with Crippen molar-refractivity contribution in [2.45, 2.75) is 52.4 Å². The molecule has 1 heteroatoms. The van der Waals surface area contributed by atoms with Gasteiger partial charge >= 0.3 is 0 Å². The fourth-order valence-electron chi connectivity index (χ4n) is 2.22. The van der Waals surface area contributed by atoms with Crippen molar-refractivity contribution >= 4 is 6.29 Å². The second-order valence-electron chi connectivity index (χ2n) is 4.74. The summed E-state index contributed by atoms with van der Waals surface area (Å²) in [6.07, 6.45) is 10.5. The molecule has 0 spiro atoms. The van der Waals surface area contributed by atoms with Crippen LogP contribution in [0.2, 0.25) is 0 Å². The normalized spacial score (nSPS) is 28.9. The molecule has 80 valence electrons. The highest BCUT2D eigenvalue weighted by molar-refractivity contribution is 5.49. The number of hydrogen-bond donors (Lipinski definition) is 0. The number of rotatable bonds is 4. The molecule has 0 heterocycles. The van der Waals surface area contributed by atoms with Gasteiger partial charge in [0.25, 0.3) is 0 Å². The van der Waals surface area contributed by atoms with Crippen molar-refractivity contribution in [1.29, 1.82) is 0 Å². The van der Waals surface area contributed by atoms with Crippen LogP contribution in [0.25, 0.3) is 0 Å². The molecule has 0 bridgehead atoms. The first-order valence-corrected chi connectivity index (χ1v) is 5.83. The molecular weight excluding hydrogens is 172 g/mol. The van der Waals surface area contributed by atoms with Crippen molar-refractivity contribution in [2.24, 2.45) is 11.8 Å². The lowest BCUT2D eigenvalue weighted by Gasteiger charge is -2.24. The Balaban J connectivity index is 2.31. The third-order valence-electron chi connectivity index (χ3n) is 3.24. The Labute approximate surface area is 87.6 Å². The van der Waals surface area contributed by atoms with Gasteiger partial charge in [-0.2, -0.15) is 0 Å². The van der Waals surface area contributed by atoms with Crippen LogP contribution < -0.4 is 0 Å². The van der Waals surface area contributed by atoms with Gasteiger partial charge in [0, 0.05) is 6.42 Å². The van der Waals surface area contributed by atoms with E-state index in [0.29, 0.717) is 6.42 Å². The summed E-state index contributed by atoms with van der Waals surface area (Å²) in [7, 11) is 0. The zero-order valence-electron chi connectivity index (χ0n) is 9.46. The van der Waals surface area contributed by atoms with Crippen LogP contribution in [0.15, 0.2) is 11.6 Å². The third kappa shape index (κ3) is 4.08. The zero-order valence-corrected chi connectivity index (χ0v) is 9.46. The van der Waals surface area contributed by atoms with Gasteiger partial charge in [-0.05, 0) is 38.0 Å². The quantitative estimate of drug-likeness (QED) is 0.492. The summed E-state index contributed by atoms with van der Waals surface area (Å²) in [6.45, 7) is 4.50. The van der Waals surface area contributed by atoms with Crippen LogP contribution in [0, 0.1) is 11.8 Å². The van der Waals surface area contributed by atoms with Crippen LogP contribution in [-0.4, -0.2) is 6.29 Å². The Bertz CT molecular complexity index is 197. The van der Waals surface area contributed by atoms with E-state index in [9.17, 15) is 4.79 Å². The van der Waals surface area contributed by atoms with E-state index in [0.717, 1.165) is 24.5 Å². The van der Waals surface area contributed by atoms with Gasteiger partial charge in [-0.1, -0.05) is 31.4 Å². The van der Waals surface area contributed by atoms with Crippen molar-refractivity contribution in [1.82, 2.24) is 0 Å². The van der Waals surface area contributed by atoms with E-state index < -0.39 is 0 Å². The van der Waals surface area contributed by atoms with Gasteiger partial charge in [-0.25, -0.2) is 0 Å². The lowest BCUT2D eigenvalue weighted by molar-refractivity contribution is -0.107. The molecule has 0 aromatic carbocycles. The molecule has 0 radical (unpaired) electrons. The highest BCUT2D eigenvalue weighted by Gasteiger charge is 2.15. The van der Waals surface area contributed by atoms with Crippen molar-refractivity contribution in [3.8, 4) is 0 Å². The van der Waals surface area contributed by atoms with E-state index in [1.165, 1.54) is 31.3 Å². The molecule has 14 heavy (non-hydrogen) atoms. The maximum Gasteiger partial charge on any atom is 0.120 e. The highest BCUT2D eigenvalue weighted by Crippen LogP contribution is 2.30. The van der Waals surface area contributed by atoms with E-state index in [1.807, 2.05) is 0 Å². The Kier molecular flexibility index (Phi) is 4.92. The van der Waals surface area contributed by atoms with Gasteiger partial charge in [0.1, 0.15) is 6.29 Å². The molecule has 0 atom stereocenters. The summed E-state index contributed by atoms with van der Waals surface area (Å²) < 4.78 is 0. The summed E-state index contributed by atoms with van der Waals surface area (Å²) in [5, 5.41) is 0. The fourth-order valence-corrected chi connectivity index (χ4v) is 2.22. The Hall–Kier alpha value is -0.590. The Morgan fingerprint density at radius 3 is 2.50 bits per heavy atom. The van der Waals surface area contributed by atoms with Crippen LogP contribution in [0.4, 0.5) is 0 Å². The fraction of sp³-hybridized carbons (Fsp3) is 0.769. The van der Waals surface area contributed by atoms with Crippen LogP contribution in [0.1, 0.15) is 52.4 Å². The van der Waals surface area contributed by atoms with Gasteiger partial charge in [-0.3, -0.25) is 0 Å². The minimum absolute atomic E-state index is 0.686. The van der Waals surface area contributed by atoms with Crippen molar-refractivity contribution in [3.05, 3.63) is 11.6 Å². The largest absolute Gasteiger partial charge is 0.303 e. The second-order valence-corrected chi connectivity index (χ2v) is 4.74. The lowest BCUT2D eigenvalue weighted by atomic mass is 9.82. The van der Waals surface area contributed by atoms with Gasteiger partial charge in [0.2, 0.25) is 0 Å². The molecule has 0 amide bonds. The second kappa shape index (κ2) is 6.00. The van der Waals surface area contributed by atoms with E-state index in [-0.39, 0.29) is 0 Å². The maximum atomic E-state index is 10.2. The lowest BCUT2D eigenvalue weighted by Crippen LogP contribution is -2.10. The molecule has 1 aliphatic carbocycles. The standard InChI is InChI=1S/C13H22O/c1-11-5-7-13(8-6-11)10-12(2)4-3-9-14/h9-11,13H,3-8H2,1-2H3. The summed E-state index contributed by atoms with van der Waals surface area (Å²) in [6, 6.07) is 0. The molecule has 1 saturated carbocycles. The van der Waals surface area contributed by atoms with Gasteiger partial charge < -0.3 is 4.79 Å². The highest BCUT2D eigenvalue weighted by atomic mass is 16.1. The molecule has 0 aliphatic heterocycles. The van der Waals surface area contributed by atoms with Crippen LogP contribution in [-0.2, 0) is 4.79 Å². The first-order valence-electron chi connectivity index (χ1n) is 5.83. The average Bonchev–Trinajstić information content (AvgIpc) is 2.18. The summed E-state index contributed by atoms with van der Waals surface area (Å²) >= 11 is 0. The van der Waals surface area contributed by atoms with E-state index in [1.54, 1.807) is 0 Å². The molecule has 1 fully saturated rings. The summed E-state index contributed by atoms with van der Waals surface area (Å²) in [5.74, 6) is 1.72.